The second-order valence-corrected chi connectivity index (χ2v) is 8.14. The van der Waals surface area contributed by atoms with Crippen molar-refractivity contribution < 1.29 is 13.2 Å². The highest BCUT2D eigenvalue weighted by molar-refractivity contribution is 5.94. The number of benzene rings is 3. The average Bonchev–Trinajstić information content (AvgIpc) is 3.50. The normalized spacial score (nSPS) is 14.9. The molecule has 1 aromatic heterocycles. The number of anilines is 1. The molecule has 0 saturated carbocycles. The first kappa shape index (κ1) is 21.1. The van der Waals surface area contributed by atoms with E-state index in [1.807, 2.05) is 42.5 Å². The minimum atomic E-state index is -0.605. The molecule has 4 aromatic rings. The molecule has 0 aliphatic carbocycles. The summed E-state index contributed by atoms with van der Waals surface area (Å²) in [7, 11) is 0. The van der Waals surface area contributed by atoms with Crippen LogP contribution >= 0.6 is 0 Å². The summed E-state index contributed by atoms with van der Waals surface area (Å²) in [6.07, 6.45) is 2.05. The molecule has 0 radical (unpaired) electrons. The number of nitrogens with zero attached hydrogens (tertiary/aromatic N) is 3. The van der Waals surface area contributed by atoms with Gasteiger partial charge in [0.15, 0.2) is 0 Å². The van der Waals surface area contributed by atoms with E-state index in [2.05, 4.69) is 21.3 Å². The van der Waals surface area contributed by atoms with Gasteiger partial charge in [-0.15, -0.1) is 0 Å². The Morgan fingerprint density at radius 3 is 2.64 bits per heavy atom. The highest BCUT2D eigenvalue weighted by Crippen LogP contribution is 2.33. The van der Waals surface area contributed by atoms with Crippen molar-refractivity contribution in [3.8, 4) is 17.5 Å². The van der Waals surface area contributed by atoms with Crippen molar-refractivity contribution in [3.05, 3.63) is 83.6 Å². The highest BCUT2D eigenvalue weighted by Gasteiger charge is 2.27. The number of nitriles is 1. The Balaban J connectivity index is 1.46. The number of likely N-dealkylation sites (tertiary alicyclic amines) is 1. The Morgan fingerprint density at radius 2 is 1.85 bits per heavy atom. The van der Waals surface area contributed by atoms with E-state index < -0.39 is 11.6 Å². The van der Waals surface area contributed by atoms with Crippen molar-refractivity contribution in [1.29, 1.82) is 5.26 Å². The van der Waals surface area contributed by atoms with Crippen LogP contribution in [0.25, 0.3) is 22.2 Å². The number of hydrogen-bond donors (Lipinski definition) is 1. The summed E-state index contributed by atoms with van der Waals surface area (Å²) >= 11 is 0. The molecular weight excluding hydrogens is 422 g/mol. The summed E-state index contributed by atoms with van der Waals surface area (Å²) in [5.74, 6) is -0.599. The fourth-order valence-corrected chi connectivity index (χ4v) is 4.49. The molecule has 5 nitrogen and oxygen atoms in total. The lowest BCUT2D eigenvalue weighted by molar-refractivity contribution is 0.249. The molecule has 0 amide bonds. The molecule has 0 spiro atoms. The average molecular weight is 444 g/mol. The molecule has 7 heteroatoms. The molecule has 1 aliphatic heterocycles. The third-order valence-electron chi connectivity index (χ3n) is 6.11. The zero-order chi connectivity index (χ0) is 22.8. The van der Waals surface area contributed by atoms with Gasteiger partial charge in [0.2, 0.25) is 17.5 Å². The fraction of sp³-hybridized carbons (Fsp3) is 0.231. The molecular formula is C26H22F2N4O. The van der Waals surface area contributed by atoms with Gasteiger partial charge in [-0.1, -0.05) is 42.5 Å². The Labute approximate surface area is 190 Å². The minimum Gasteiger partial charge on any atom is -0.419 e. The molecule has 0 bridgehead atoms. The summed E-state index contributed by atoms with van der Waals surface area (Å²) in [5, 5.41) is 14.8. The van der Waals surface area contributed by atoms with Crippen LogP contribution in [0.3, 0.4) is 0 Å². The lowest BCUT2D eigenvalue weighted by Gasteiger charge is -2.28. The molecule has 3 aromatic carbocycles. The number of halogens is 2. The van der Waals surface area contributed by atoms with Gasteiger partial charge in [0.1, 0.15) is 17.7 Å². The Morgan fingerprint density at radius 1 is 1.06 bits per heavy atom. The van der Waals surface area contributed by atoms with Gasteiger partial charge in [-0.05, 0) is 48.8 Å². The standard InChI is InChI=1S/C26H22F2N4O/c27-18-10-11-21(22(28)14-18)24(32-12-3-4-13-32)16-30-26-23(15-29)31-25(33-26)20-9-5-7-17-6-1-2-8-19(17)20/h1-2,5-11,14,24,30H,3-4,12-13,16H2. The molecule has 1 N–H and O–H groups in total. The van der Waals surface area contributed by atoms with Crippen LogP contribution in [-0.4, -0.2) is 29.5 Å². The lowest BCUT2D eigenvalue weighted by Crippen LogP contribution is -2.31. The van der Waals surface area contributed by atoms with Gasteiger partial charge in [-0.2, -0.15) is 10.2 Å². The largest absolute Gasteiger partial charge is 0.419 e. The number of rotatable bonds is 6. The van der Waals surface area contributed by atoms with Gasteiger partial charge in [0.25, 0.3) is 0 Å². The van der Waals surface area contributed by atoms with E-state index in [0.717, 1.165) is 48.3 Å². The third-order valence-corrected chi connectivity index (χ3v) is 6.11. The zero-order valence-electron chi connectivity index (χ0n) is 17.9. The van der Waals surface area contributed by atoms with E-state index in [4.69, 9.17) is 4.42 Å². The van der Waals surface area contributed by atoms with Crippen molar-refractivity contribution in [2.75, 3.05) is 25.0 Å². The van der Waals surface area contributed by atoms with Crippen molar-refractivity contribution in [2.24, 2.45) is 0 Å². The second-order valence-electron chi connectivity index (χ2n) is 8.14. The van der Waals surface area contributed by atoms with Crippen LogP contribution in [0, 0.1) is 23.0 Å². The second kappa shape index (κ2) is 9.00. The molecule has 2 heterocycles. The van der Waals surface area contributed by atoms with Crippen LogP contribution in [0.15, 0.2) is 65.1 Å². The SMILES string of the molecule is N#Cc1nc(-c2cccc3ccccc23)oc1NCC(c1ccc(F)cc1F)N1CCCC1. The maximum atomic E-state index is 14.6. The molecule has 33 heavy (non-hydrogen) atoms. The van der Waals surface area contributed by atoms with E-state index in [9.17, 15) is 14.0 Å². The zero-order valence-corrected chi connectivity index (χ0v) is 17.9. The molecule has 1 saturated heterocycles. The number of aromatic nitrogens is 1. The van der Waals surface area contributed by atoms with Crippen LogP contribution in [-0.2, 0) is 0 Å². The topological polar surface area (TPSA) is 65.1 Å². The van der Waals surface area contributed by atoms with Gasteiger partial charge >= 0.3 is 0 Å². The molecule has 1 fully saturated rings. The van der Waals surface area contributed by atoms with Crippen LogP contribution < -0.4 is 5.32 Å². The molecule has 1 atom stereocenters. The molecule has 5 rings (SSSR count). The summed E-state index contributed by atoms with van der Waals surface area (Å²) in [6, 6.07) is 19.1. The van der Waals surface area contributed by atoms with Crippen molar-refractivity contribution in [3.63, 3.8) is 0 Å². The first-order valence-electron chi connectivity index (χ1n) is 11.0. The van der Waals surface area contributed by atoms with Gasteiger partial charge in [0, 0.05) is 23.7 Å². The predicted octanol–water partition coefficient (Wildman–Crippen LogP) is 5.89. The maximum Gasteiger partial charge on any atom is 0.232 e. The maximum absolute atomic E-state index is 14.6. The number of fused-ring (bicyclic) bond motifs is 1. The number of oxazole rings is 1. The smallest absolute Gasteiger partial charge is 0.232 e. The van der Waals surface area contributed by atoms with Crippen LogP contribution in [0.1, 0.15) is 30.1 Å². The highest BCUT2D eigenvalue weighted by atomic mass is 19.1. The summed E-state index contributed by atoms with van der Waals surface area (Å²) in [6.45, 7) is 1.94. The Hall–Kier alpha value is -3.76. The van der Waals surface area contributed by atoms with Crippen LogP contribution in [0.5, 0.6) is 0 Å². The lowest BCUT2D eigenvalue weighted by atomic mass is 10.0. The number of hydrogen-bond acceptors (Lipinski definition) is 5. The summed E-state index contributed by atoms with van der Waals surface area (Å²) < 4.78 is 34.1. The monoisotopic (exact) mass is 444 g/mol. The minimum absolute atomic E-state index is 0.137. The van der Waals surface area contributed by atoms with Gasteiger partial charge < -0.3 is 9.73 Å². The molecule has 166 valence electrons. The van der Waals surface area contributed by atoms with E-state index in [-0.39, 0.29) is 17.6 Å². The van der Waals surface area contributed by atoms with Crippen LogP contribution in [0.4, 0.5) is 14.7 Å². The number of nitrogens with one attached hydrogen (secondary N) is 1. The Bertz CT molecular complexity index is 1330. The van der Waals surface area contributed by atoms with E-state index >= 15 is 0 Å². The van der Waals surface area contributed by atoms with Crippen molar-refractivity contribution in [2.45, 2.75) is 18.9 Å². The van der Waals surface area contributed by atoms with Gasteiger partial charge in [-0.3, -0.25) is 4.90 Å². The first-order chi connectivity index (χ1) is 16.1. The predicted molar refractivity (Wildman–Crippen MR) is 123 cm³/mol. The summed E-state index contributed by atoms with van der Waals surface area (Å²) in [5.41, 5.74) is 1.34. The van der Waals surface area contributed by atoms with E-state index in [1.165, 1.54) is 12.1 Å². The van der Waals surface area contributed by atoms with Crippen molar-refractivity contribution in [1.82, 2.24) is 9.88 Å². The van der Waals surface area contributed by atoms with Gasteiger partial charge in [-0.25, -0.2) is 8.78 Å². The molecule has 1 aliphatic rings. The van der Waals surface area contributed by atoms with E-state index in [0.29, 0.717) is 18.0 Å². The van der Waals surface area contributed by atoms with Crippen LogP contribution in [0.2, 0.25) is 0 Å². The Kier molecular flexibility index (Phi) is 5.76. The van der Waals surface area contributed by atoms with E-state index in [1.54, 1.807) is 0 Å². The quantitative estimate of drug-likeness (QED) is 0.402. The van der Waals surface area contributed by atoms with Gasteiger partial charge in [0.05, 0.1) is 6.04 Å². The van der Waals surface area contributed by atoms with Crippen molar-refractivity contribution >= 4 is 16.7 Å². The first-order valence-corrected chi connectivity index (χ1v) is 11.0. The fourth-order valence-electron chi connectivity index (χ4n) is 4.49. The molecule has 1 unspecified atom stereocenters. The third kappa shape index (κ3) is 4.18. The summed E-state index contributed by atoms with van der Waals surface area (Å²) in [4.78, 5) is 6.56.